The fourth-order valence-corrected chi connectivity index (χ4v) is 3.59. The minimum atomic E-state index is 0.670. The van der Waals surface area contributed by atoms with Crippen molar-refractivity contribution in [3.05, 3.63) is 141 Å². The SMILES string of the molecule is Cc1ccc(/C=C/c2cc(/C=C/c3ccc(C)cc3)cc(/C=C/c3ccc(C#N)cc3)c2)cc1. The van der Waals surface area contributed by atoms with Gasteiger partial charge in [0.05, 0.1) is 11.6 Å². The summed E-state index contributed by atoms with van der Waals surface area (Å²) in [5.74, 6) is 0. The zero-order valence-electron chi connectivity index (χ0n) is 19.6. The Labute approximate surface area is 202 Å². The van der Waals surface area contributed by atoms with Gasteiger partial charge in [-0.3, -0.25) is 0 Å². The molecule has 0 radical (unpaired) electrons. The molecule has 0 bridgehead atoms. The number of hydrogen-bond donors (Lipinski definition) is 0. The minimum absolute atomic E-state index is 0.670. The van der Waals surface area contributed by atoms with E-state index < -0.39 is 0 Å². The smallest absolute Gasteiger partial charge is 0.0991 e. The first-order valence-corrected chi connectivity index (χ1v) is 11.4. The van der Waals surface area contributed by atoms with Gasteiger partial charge in [-0.05, 0) is 77.6 Å². The van der Waals surface area contributed by atoms with Gasteiger partial charge in [0.25, 0.3) is 0 Å². The molecule has 0 aliphatic carbocycles. The third kappa shape index (κ3) is 6.55. The van der Waals surface area contributed by atoms with Crippen LogP contribution in [0.2, 0.25) is 0 Å². The maximum atomic E-state index is 9.01. The second kappa shape index (κ2) is 10.9. The monoisotopic (exact) mass is 437 g/mol. The van der Waals surface area contributed by atoms with Crippen LogP contribution in [0.3, 0.4) is 0 Å². The average Bonchev–Trinajstić information content (AvgIpc) is 2.87. The summed E-state index contributed by atoms with van der Waals surface area (Å²) in [6.07, 6.45) is 12.8. The largest absolute Gasteiger partial charge is 0.192 e. The van der Waals surface area contributed by atoms with Gasteiger partial charge in [-0.1, -0.05) is 108 Å². The first-order chi connectivity index (χ1) is 16.6. The number of benzene rings is 4. The number of nitriles is 1. The quantitative estimate of drug-likeness (QED) is 0.277. The molecular weight excluding hydrogens is 410 g/mol. The molecule has 4 rings (SSSR count). The molecule has 0 saturated heterocycles. The molecule has 0 aliphatic rings. The number of aryl methyl sites for hydroxylation is 2. The Morgan fingerprint density at radius 2 is 0.735 bits per heavy atom. The molecule has 0 aliphatic heterocycles. The predicted molar refractivity (Wildman–Crippen MR) is 147 cm³/mol. The lowest BCUT2D eigenvalue weighted by Crippen LogP contribution is -1.82. The van der Waals surface area contributed by atoms with Crippen LogP contribution >= 0.6 is 0 Å². The number of nitrogens with zero attached hydrogens (tertiary/aromatic N) is 1. The molecule has 0 spiro atoms. The van der Waals surface area contributed by atoms with Gasteiger partial charge in [0, 0.05) is 0 Å². The van der Waals surface area contributed by atoms with Crippen molar-refractivity contribution < 1.29 is 0 Å². The van der Waals surface area contributed by atoms with Crippen LogP contribution in [0.1, 0.15) is 50.1 Å². The lowest BCUT2D eigenvalue weighted by atomic mass is 10.0. The zero-order valence-corrected chi connectivity index (χ0v) is 19.6. The molecule has 0 fully saturated rings. The van der Waals surface area contributed by atoms with Crippen LogP contribution in [-0.4, -0.2) is 0 Å². The Morgan fingerprint density at radius 1 is 0.441 bits per heavy atom. The maximum absolute atomic E-state index is 9.01. The van der Waals surface area contributed by atoms with Crippen LogP contribution in [0.15, 0.2) is 91.0 Å². The highest BCUT2D eigenvalue weighted by molar-refractivity contribution is 5.78. The Hall–Kier alpha value is -4.41. The van der Waals surface area contributed by atoms with E-state index in [-0.39, 0.29) is 0 Å². The van der Waals surface area contributed by atoms with Gasteiger partial charge in [0.1, 0.15) is 0 Å². The first kappa shape index (κ1) is 22.8. The van der Waals surface area contributed by atoms with E-state index in [0.29, 0.717) is 5.56 Å². The van der Waals surface area contributed by atoms with Crippen molar-refractivity contribution in [3.8, 4) is 6.07 Å². The normalized spacial score (nSPS) is 11.4. The zero-order chi connectivity index (χ0) is 23.8. The van der Waals surface area contributed by atoms with Gasteiger partial charge in [-0.15, -0.1) is 0 Å². The number of rotatable bonds is 6. The Bertz CT molecular complexity index is 1300. The summed E-state index contributed by atoms with van der Waals surface area (Å²) in [7, 11) is 0. The Balaban J connectivity index is 1.64. The van der Waals surface area contributed by atoms with Crippen LogP contribution < -0.4 is 0 Å². The van der Waals surface area contributed by atoms with Gasteiger partial charge in [-0.25, -0.2) is 0 Å². The second-order valence-corrected chi connectivity index (χ2v) is 8.49. The molecule has 1 heteroatoms. The van der Waals surface area contributed by atoms with Crippen LogP contribution in [-0.2, 0) is 0 Å². The summed E-state index contributed by atoms with van der Waals surface area (Å²) >= 11 is 0. The summed E-state index contributed by atoms with van der Waals surface area (Å²) in [4.78, 5) is 0. The fraction of sp³-hybridized carbons (Fsp3) is 0.0606. The second-order valence-electron chi connectivity index (χ2n) is 8.49. The highest BCUT2D eigenvalue weighted by atomic mass is 14.2. The highest BCUT2D eigenvalue weighted by Gasteiger charge is 1.98. The van der Waals surface area contributed by atoms with Crippen LogP contribution in [0.5, 0.6) is 0 Å². The van der Waals surface area contributed by atoms with E-state index in [0.717, 1.165) is 22.3 Å². The van der Waals surface area contributed by atoms with Crippen molar-refractivity contribution in [2.45, 2.75) is 13.8 Å². The van der Waals surface area contributed by atoms with E-state index in [2.05, 4.69) is 123 Å². The van der Waals surface area contributed by atoms with E-state index in [9.17, 15) is 0 Å². The average molecular weight is 438 g/mol. The molecule has 0 atom stereocenters. The third-order valence-corrected chi connectivity index (χ3v) is 5.60. The highest BCUT2D eigenvalue weighted by Crippen LogP contribution is 2.19. The summed E-state index contributed by atoms with van der Waals surface area (Å²) in [5, 5.41) is 9.01. The van der Waals surface area contributed by atoms with Crippen molar-refractivity contribution in [2.24, 2.45) is 0 Å². The maximum Gasteiger partial charge on any atom is 0.0991 e. The molecule has 0 heterocycles. The summed E-state index contributed by atoms with van der Waals surface area (Å²) < 4.78 is 0. The van der Waals surface area contributed by atoms with Gasteiger partial charge in [0.15, 0.2) is 0 Å². The molecule has 0 aromatic heterocycles. The Kier molecular flexibility index (Phi) is 7.33. The van der Waals surface area contributed by atoms with E-state index in [1.165, 1.54) is 22.3 Å². The van der Waals surface area contributed by atoms with Crippen molar-refractivity contribution in [1.29, 1.82) is 5.26 Å². The first-order valence-electron chi connectivity index (χ1n) is 11.4. The van der Waals surface area contributed by atoms with E-state index in [1.807, 2.05) is 24.3 Å². The fourth-order valence-electron chi connectivity index (χ4n) is 3.59. The molecule has 0 N–H and O–H groups in total. The standard InChI is InChI=1S/C33H27N/c1-25-3-7-27(8-4-25)13-18-31-21-32(19-14-28-9-5-26(2)6-10-28)23-33(22-31)20-15-29-11-16-30(24-34)17-12-29/h3-23H,1-2H3/b18-13+,19-14+,20-15+. The summed E-state index contributed by atoms with van der Waals surface area (Å²) in [6, 6.07) is 33.4. The molecule has 0 unspecified atom stereocenters. The van der Waals surface area contributed by atoms with Gasteiger partial charge >= 0.3 is 0 Å². The van der Waals surface area contributed by atoms with E-state index in [1.54, 1.807) is 0 Å². The minimum Gasteiger partial charge on any atom is -0.192 e. The summed E-state index contributed by atoms with van der Waals surface area (Å²) in [5.41, 5.74) is 10.0. The summed E-state index contributed by atoms with van der Waals surface area (Å²) in [6.45, 7) is 4.20. The van der Waals surface area contributed by atoms with Crippen LogP contribution in [0.25, 0.3) is 36.5 Å². The number of hydrogen-bond acceptors (Lipinski definition) is 1. The molecule has 0 saturated carbocycles. The topological polar surface area (TPSA) is 23.8 Å². The molecule has 0 amide bonds. The van der Waals surface area contributed by atoms with Gasteiger partial charge in [0.2, 0.25) is 0 Å². The van der Waals surface area contributed by atoms with E-state index in [4.69, 9.17) is 5.26 Å². The van der Waals surface area contributed by atoms with Gasteiger partial charge in [-0.2, -0.15) is 5.26 Å². The molecule has 4 aromatic rings. The van der Waals surface area contributed by atoms with E-state index >= 15 is 0 Å². The molecule has 4 aromatic carbocycles. The predicted octanol–water partition coefficient (Wildman–Crippen LogP) is 8.69. The lowest BCUT2D eigenvalue weighted by Gasteiger charge is -2.03. The molecule has 1 nitrogen and oxygen atoms in total. The third-order valence-electron chi connectivity index (χ3n) is 5.60. The molecular formula is C33H27N. The van der Waals surface area contributed by atoms with Crippen molar-refractivity contribution in [1.82, 2.24) is 0 Å². The van der Waals surface area contributed by atoms with Crippen molar-refractivity contribution >= 4 is 36.5 Å². The van der Waals surface area contributed by atoms with Crippen LogP contribution in [0, 0.1) is 25.2 Å². The molecule has 34 heavy (non-hydrogen) atoms. The molecule has 164 valence electrons. The van der Waals surface area contributed by atoms with Crippen molar-refractivity contribution in [3.63, 3.8) is 0 Å². The van der Waals surface area contributed by atoms with Crippen molar-refractivity contribution in [2.75, 3.05) is 0 Å². The Morgan fingerprint density at radius 3 is 1.06 bits per heavy atom. The van der Waals surface area contributed by atoms with Crippen LogP contribution in [0.4, 0.5) is 0 Å². The van der Waals surface area contributed by atoms with Gasteiger partial charge < -0.3 is 0 Å². The lowest BCUT2D eigenvalue weighted by molar-refractivity contribution is 1.46.